The van der Waals surface area contributed by atoms with E-state index in [1.165, 1.54) is 25.9 Å². The number of pyridine rings is 1. The average Bonchev–Trinajstić information content (AvgIpc) is 3.19. The van der Waals surface area contributed by atoms with Crippen molar-refractivity contribution < 1.29 is 4.42 Å². The Labute approximate surface area is 135 Å². The summed E-state index contributed by atoms with van der Waals surface area (Å²) in [6.45, 7) is 3.06. The first kappa shape index (κ1) is 14.5. The molecule has 0 N–H and O–H groups in total. The zero-order valence-corrected chi connectivity index (χ0v) is 13.5. The van der Waals surface area contributed by atoms with Gasteiger partial charge in [0, 0.05) is 12.6 Å². The third kappa shape index (κ3) is 3.01. The zero-order valence-electron chi connectivity index (χ0n) is 13.5. The minimum atomic E-state index is 0.697. The van der Waals surface area contributed by atoms with Gasteiger partial charge in [0.05, 0.1) is 12.8 Å². The van der Waals surface area contributed by atoms with E-state index in [0.717, 1.165) is 29.2 Å². The Morgan fingerprint density at radius 3 is 2.87 bits per heavy atom. The highest BCUT2D eigenvalue weighted by atomic mass is 16.3. The first-order valence-electron chi connectivity index (χ1n) is 8.30. The molecular weight excluding hydrogens is 288 g/mol. The normalized spacial score (nSPS) is 17.1. The molecule has 1 aliphatic rings. The second-order valence-electron chi connectivity index (χ2n) is 6.49. The van der Waals surface area contributed by atoms with Crippen LogP contribution in [0.2, 0.25) is 0 Å². The number of hydrogen-bond donors (Lipinski definition) is 0. The highest BCUT2D eigenvalue weighted by molar-refractivity contribution is 5.71. The maximum atomic E-state index is 5.53. The fourth-order valence-corrected chi connectivity index (χ4v) is 3.41. The van der Waals surface area contributed by atoms with E-state index >= 15 is 0 Å². The summed E-state index contributed by atoms with van der Waals surface area (Å²) in [6.07, 6.45) is 7.06. The standard InChI is InChI=1S/C18H22N4O/c1-21-9-6-14(7-10-21)12-17-20-16-5-2-8-19-18(16)22(17)13-15-4-3-11-23-15/h2-5,8,11,14H,6-7,9-10,12-13H2,1H3. The molecule has 0 aliphatic carbocycles. The Morgan fingerprint density at radius 1 is 1.22 bits per heavy atom. The summed E-state index contributed by atoms with van der Waals surface area (Å²) in [4.78, 5) is 11.8. The molecule has 1 aliphatic heterocycles. The number of imidazole rings is 1. The number of aromatic nitrogens is 3. The minimum absolute atomic E-state index is 0.697. The molecule has 0 unspecified atom stereocenters. The van der Waals surface area contributed by atoms with Crippen molar-refractivity contribution in [1.82, 2.24) is 19.4 Å². The molecule has 0 radical (unpaired) electrons. The van der Waals surface area contributed by atoms with Gasteiger partial charge in [0.15, 0.2) is 5.65 Å². The maximum absolute atomic E-state index is 5.53. The number of piperidine rings is 1. The van der Waals surface area contributed by atoms with Gasteiger partial charge in [-0.3, -0.25) is 0 Å². The summed E-state index contributed by atoms with van der Waals surface area (Å²) >= 11 is 0. The third-order valence-electron chi connectivity index (χ3n) is 4.79. The van der Waals surface area contributed by atoms with Crippen molar-refractivity contribution in [3.63, 3.8) is 0 Å². The first-order valence-corrected chi connectivity index (χ1v) is 8.30. The molecule has 23 heavy (non-hydrogen) atoms. The number of rotatable bonds is 4. The molecule has 4 rings (SSSR count). The van der Waals surface area contributed by atoms with Crippen LogP contribution in [-0.2, 0) is 13.0 Å². The fourth-order valence-electron chi connectivity index (χ4n) is 3.41. The summed E-state index contributed by atoms with van der Waals surface area (Å²) in [6, 6.07) is 7.93. The van der Waals surface area contributed by atoms with Crippen LogP contribution in [0.15, 0.2) is 41.1 Å². The molecule has 120 valence electrons. The summed E-state index contributed by atoms with van der Waals surface area (Å²) in [5.74, 6) is 2.78. The van der Waals surface area contributed by atoms with E-state index in [2.05, 4.69) is 21.5 Å². The van der Waals surface area contributed by atoms with Crippen molar-refractivity contribution in [2.24, 2.45) is 5.92 Å². The predicted octanol–water partition coefficient (Wildman–Crippen LogP) is 2.96. The van der Waals surface area contributed by atoms with Crippen molar-refractivity contribution in [2.45, 2.75) is 25.8 Å². The van der Waals surface area contributed by atoms with E-state index in [0.29, 0.717) is 12.5 Å². The molecule has 3 aromatic rings. The van der Waals surface area contributed by atoms with E-state index < -0.39 is 0 Å². The van der Waals surface area contributed by atoms with Gasteiger partial charge in [0.2, 0.25) is 0 Å². The van der Waals surface area contributed by atoms with Gasteiger partial charge in [-0.1, -0.05) is 0 Å². The molecule has 0 saturated carbocycles. The molecule has 0 aromatic carbocycles. The van der Waals surface area contributed by atoms with Crippen LogP contribution >= 0.6 is 0 Å². The van der Waals surface area contributed by atoms with E-state index in [1.54, 1.807) is 6.26 Å². The molecule has 3 aromatic heterocycles. The van der Waals surface area contributed by atoms with Crippen LogP contribution in [0.4, 0.5) is 0 Å². The van der Waals surface area contributed by atoms with E-state index in [-0.39, 0.29) is 0 Å². The molecule has 5 nitrogen and oxygen atoms in total. The number of nitrogens with zero attached hydrogens (tertiary/aromatic N) is 4. The molecule has 5 heteroatoms. The predicted molar refractivity (Wildman–Crippen MR) is 89.3 cm³/mol. The van der Waals surface area contributed by atoms with E-state index in [9.17, 15) is 0 Å². The molecule has 1 saturated heterocycles. The highest BCUT2D eigenvalue weighted by Crippen LogP contribution is 2.23. The lowest BCUT2D eigenvalue weighted by molar-refractivity contribution is 0.216. The molecule has 1 fully saturated rings. The van der Waals surface area contributed by atoms with Crippen molar-refractivity contribution >= 4 is 11.2 Å². The Kier molecular flexibility index (Phi) is 3.87. The lowest BCUT2D eigenvalue weighted by Crippen LogP contribution is -2.31. The molecule has 0 bridgehead atoms. The fraction of sp³-hybridized carbons (Fsp3) is 0.444. The second-order valence-corrected chi connectivity index (χ2v) is 6.49. The molecule has 4 heterocycles. The van der Waals surface area contributed by atoms with E-state index in [1.807, 2.05) is 30.5 Å². The quantitative estimate of drug-likeness (QED) is 0.743. The van der Waals surface area contributed by atoms with Gasteiger partial charge in [-0.05, 0) is 63.2 Å². The van der Waals surface area contributed by atoms with Gasteiger partial charge >= 0.3 is 0 Å². The summed E-state index contributed by atoms with van der Waals surface area (Å²) < 4.78 is 7.75. The van der Waals surface area contributed by atoms with Gasteiger partial charge in [0.1, 0.15) is 17.1 Å². The summed E-state index contributed by atoms with van der Waals surface area (Å²) in [5, 5.41) is 0. The van der Waals surface area contributed by atoms with Crippen LogP contribution in [0.5, 0.6) is 0 Å². The lowest BCUT2D eigenvalue weighted by Gasteiger charge is -2.28. The van der Waals surface area contributed by atoms with Crippen LogP contribution < -0.4 is 0 Å². The van der Waals surface area contributed by atoms with Crippen LogP contribution in [0.3, 0.4) is 0 Å². The van der Waals surface area contributed by atoms with Gasteiger partial charge < -0.3 is 13.9 Å². The lowest BCUT2D eigenvalue weighted by atomic mass is 9.93. The highest BCUT2D eigenvalue weighted by Gasteiger charge is 2.21. The van der Waals surface area contributed by atoms with Gasteiger partial charge in [-0.2, -0.15) is 0 Å². The summed E-state index contributed by atoms with van der Waals surface area (Å²) in [7, 11) is 2.20. The SMILES string of the molecule is CN1CCC(Cc2nc3cccnc3n2Cc2ccco2)CC1. The maximum Gasteiger partial charge on any atom is 0.160 e. The van der Waals surface area contributed by atoms with Gasteiger partial charge in [0.25, 0.3) is 0 Å². The van der Waals surface area contributed by atoms with Crippen LogP contribution in [0, 0.1) is 5.92 Å². The minimum Gasteiger partial charge on any atom is -0.467 e. The van der Waals surface area contributed by atoms with Crippen molar-refractivity contribution in [3.05, 3.63) is 48.3 Å². The monoisotopic (exact) mass is 310 g/mol. The van der Waals surface area contributed by atoms with Crippen LogP contribution in [0.25, 0.3) is 11.2 Å². The number of hydrogen-bond acceptors (Lipinski definition) is 4. The molecule has 0 atom stereocenters. The average molecular weight is 310 g/mol. The van der Waals surface area contributed by atoms with Crippen LogP contribution in [0.1, 0.15) is 24.4 Å². The van der Waals surface area contributed by atoms with Gasteiger partial charge in [-0.25, -0.2) is 9.97 Å². The Morgan fingerprint density at radius 2 is 2.09 bits per heavy atom. The topological polar surface area (TPSA) is 47.1 Å². The second kappa shape index (κ2) is 6.16. The number of fused-ring (bicyclic) bond motifs is 1. The van der Waals surface area contributed by atoms with Crippen molar-refractivity contribution in [2.75, 3.05) is 20.1 Å². The smallest absolute Gasteiger partial charge is 0.160 e. The first-order chi connectivity index (χ1) is 11.3. The molecule has 0 spiro atoms. The van der Waals surface area contributed by atoms with Crippen LogP contribution in [-0.4, -0.2) is 39.6 Å². The number of furan rings is 1. The van der Waals surface area contributed by atoms with Gasteiger partial charge in [-0.15, -0.1) is 0 Å². The molecular formula is C18H22N4O. The van der Waals surface area contributed by atoms with Crippen molar-refractivity contribution in [1.29, 1.82) is 0 Å². The largest absolute Gasteiger partial charge is 0.467 e. The molecule has 0 amide bonds. The Balaban J connectivity index is 1.64. The number of likely N-dealkylation sites (tertiary alicyclic amines) is 1. The zero-order chi connectivity index (χ0) is 15.6. The van der Waals surface area contributed by atoms with Crippen molar-refractivity contribution in [3.8, 4) is 0 Å². The summed E-state index contributed by atoms with van der Waals surface area (Å²) in [5.41, 5.74) is 1.92. The Bertz CT molecular complexity index is 770. The van der Waals surface area contributed by atoms with E-state index in [4.69, 9.17) is 9.40 Å². The Hall–Kier alpha value is -2.14. The third-order valence-corrected chi connectivity index (χ3v) is 4.79.